The Morgan fingerprint density at radius 1 is 1.08 bits per heavy atom. The second kappa shape index (κ2) is 16.0. The third-order valence-corrected chi connectivity index (χ3v) is 7.19. The fourth-order valence-corrected chi connectivity index (χ4v) is 5.18. The van der Waals surface area contributed by atoms with Gasteiger partial charge in [-0.25, -0.2) is 4.79 Å². The second-order valence-corrected chi connectivity index (χ2v) is 11.9. The molecule has 1 aromatic carbocycles. The van der Waals surface area contributed by atoms with Crippen LogP contribution in [-0.4, -0.2) is 52.8 Å². The molecule has 0 aromatic heterocycles. The number of alkyl carbamates (subject to hydrolysis) is 1. The number of hydrogen-bond acceptors (Lipinski definition) is 5. The van der Waals surface area contributed by atoms with Gasteiger partial charge in [-0.2, -0.15) is 12.6 Å². The van der Waals surface area contributed by atoms with Crippen LogP contribution in [0.1, 0.15) is 109 Å². The third-order valence-electron chi connectivity index (χ3n) is 6.83. The van der Waals surface area contributed by atoms with Crippen LogP contribution < -0.4 is 10.6 Å². The molecule has 0 radical (unpaired) electrons. The lowest BCUT2D eigenvalue weighted by Gasteiger charge is -2.35. The molecule has 214 valence electrons. The van der Waals surface area contributed by atoms with E-state index in [1.165, 1.54) is 6.42 Å². The molecule has 2 rings (SSSR count). The highest BCUT2D eigenvalue weighted by molar-refractivity contribution is 7.80. The molecule has 0 aliphatic heterocycles. The highest BCUT2D eigenvalue weighted by atomic mass is 32.1. The Hall–Kier alpha value is -2.22. The molecular weight excluding hydrogens is 498 g/mol. The highest BCUT2D eigenvalue weighted by Gasteiger charge is 2.36. The first-order valence-corrected chi connectivity index (χ1v) is 15.0. The summed E-state index contributed by atoms with van der Waals surface area (Å²) in [5, 5.41) is 5.94. The van der Waals surface area contributed by atoms with Crippen LogP contribution in [0, 0.1) is 6.92 Å². The lowest BCUT2D eigenvalue weighted by atomic mass is 9.94. The lowest BCUT2D eigenvalue weighted by molar-refractivity contribution is -0.142. The van der Waals surface area contributed by atoms with Gasteiger partial charge >= 0.3 is 6.09 Å². The minimum atomic E-state index is -0.918. The summed E-state index contributed by atoms with van der Waals surface area (Å²) in [6.45, 7) is 9.89. The minimum absolute atomic E-state index is 0.0925. The van der Waals surface area contributed by atoms with E-state index in [-0.39, 0.29) is 23.6 Å². The molecule has 1 saturated carbocycles. The molecule has 8 heteroatoms. The molecule has 1 aromatic rings. The van der Waals surface area contributed by atoms with E-state index in [0.717, 1.165) is 68.9 Å². The zero-order valence-electron chi connectivity index (χ0n) is 24.1. The fraction of sp³-hybridized carbons (Fsp3) is 0.700. The molecular formula is C30H49N3O4S. The zero-order chi connectivity index (χ0) is 28.1. The first-order valence-electron chi connectivity index (χ1n) is 14.3. The summed E-state index contributed by atoms with van der Waals surface area (Å²) in [5.74, 6) is -0.402. The maximum atomic E-state index is 14.0. The van der Waals surface area contributed by atoms with Crippen molar-refractivity contribution in [3.63, 3.8) is 0 Å². The molecule has 3 amide bonds. The Morgan fingerprint density at radius 3 is 2.37 bits per heavy atom. The summed E-state index contributed by atoms with van der Waals surface area (Å²) in [4.78, 5) is 42.1. The number of benzene rings is 1. The van der Waals surface area contributed by atoms with Gasteiger partial charge in [-0.05, 0) is 52.5 Å². The number of carbonyl (C=O) groups is 3. The molecule has 0 bridgehead atoms. The maximum absolute atomic E-state index is 14.0. The first kappa shape index (κ1) is 32.0. The average molecular weight is 548 g/mol. The number of carbonyl (C=O) groups excluding carboxylic acids is 3. The molecule has 7 nitrogen and oxygen atoms in total. The van der Waals surface area contributed by atoms with Gasteiger partial charge in [0.2, 0.25) is 11.8 Å². The number of rotatable bonds is 13. The Labute approximate surface area is 235 Å². The van der Waals surface area contributed by atoms with E-state index in [2.05, 4.69) is 30.2 Å². The minimum Gasteiger partial charge on any atom is -0.444 e. The number of hydrogen-bond donors (Lipinski definition) is 3. The van der Waals surface area contributed by atoms with E-state index < -0.39 is 23.8 Å². The van der Waals surface area contributed by atoms with Gasteiger partial charge in [-0.1, -0.05) is 81.7 Å². The van der Waals surface area contributed by atoms with Gasteiger partial charge < -0.3 is 20.3 Å². The largest absolute Gasteiger partial charge is 0.444 e. The molecule has 0 saturated heterocycles. The molecule has 0 spiro atoms. The Morgan fingerprint density at radius 2 is 1.76 bits per heavy atom. The van der Waals surface area contributed by atoms with Crippen LogP contribution >= 0.6 is 12.6 Å². The predicted molar refractivity (Wildman–Crippen MR) is 156 cm³/mol. The van der Waals surface area contributed by atoms with Crippen molar-refractivity contribution in [3.8, 4) is 0 Å². The number of nitrogens with one attached hydrogen (secondary N) is 2. The van der Waals surface area contributed by atoms with Gasteiger partial charge in [-0.3, -0.25) is 9.59 Å². The van der Waals surface area contributed by atoms with Gasteiger partial charge in [-0.15, -0.1) is 0 Å². The van der Waals surface area contributed by atoms with Crippen LogP contribution in [0.4, 0.5) is 4.79 Å². The van der Waals surface area contributed by atoms with E-state index in [1.807, 2.05) is 31.2 Å². The van der Waals surface area contributed by atoms with Crippen LogP contribution in [0.3, 0.4) is 0 Å². The number of amides is 3. The van der Waals surface area contributed by atoms with Crippen molar-refractivity contribution in [2.24, 2.45) is 0 Å². The van der Waals surface area contributed by atoms with Crippen molar-refractivity contribution in [3.05, 3.63) is 35.4 Å². The van der Waals surface area contributed by atoms with Crippen molar-refractivity contribution >= 4 is 30.5 Å². The van der Waals surface area contributed by atoms with Crippen LogP contribution in [0.15, 0.2) is 24.3 Å². The number of ether oxygens (including phenoxy) is 1. The van der Waals surface area contributed by atoms with E-state index in [4.69, 9.17) is 4.74 Å². The molecule has 2 atom stereocenters. The average Bonchev–Trinajstić information content (AvgIpc) is 2.85. The number of unbranched alkanes of at least 4 members (excludes halogenated alkanes) is 4. The van der Waals surface area contributed by atoms with Crippen molar-refractivity contribution in [2.75, 3.05) is 12.3 Å². The molecule has 2 unspecified atom stereocenters. The van der Waals surface area contributed by atoms with Crippen molar-refractivity contribution in [2.45, 2.75) is 123 Å². The van der Waals surface area contributed by atoms with Crippen molar-refractivity contribution in [1.82, 2.24) is 15.5 Å². The van der Waals surface area contributed by atoms with Gasteiger partial charge in [0.25, 0.3) is 0 Å². The molecule has 38 heavy (non-hydrogen) atoms. The smallest absolute Gasteiger partial charge is 0.408 e. The Kier molecular flexibility index (Phi) is 13.5. The monoisotopic (exact) mass is 547 g/mol. The molecule has 1 fully saturated rings. The molecule has 1 aliphatic carbocycles. The normalized spacial score (nSPS) is 15.8. The first-order chi connectivity index (χ1) is 18.1. The molecule has 0 heterocycles. The second-order valence-electron chi connectivity index (χ2n) is 11.5. The summed E-state index contributed by atoms with van der Waals surface area (Å²) in [6.07, 6.45) is 9.70. The number of nitrogens with zero attached hydrogens (tertiary/aromatic N) is 1. The fourth-order valence-electron chi connectivity index (χ4n) is 4.93. The Balaban J connectivity index is 2.38. The van der Waals surface area contributed by atoms with E-state index >= 15 is 0 Å². The summed E-state index contributed by atoms with van der Waals surface area (Å²) in [5.41, 5.74) is 1.10. The van der Waals surface area contributed by atoms with Gasteiger partial charge in [0.15, 0.2) is 0 Å². The lowest BCUT2D eigenvalue weighted by Crippen LogP contribution is -2.54. The van der Waals surface area contributed by atoms with E-state index in [1.54, 1.807) is 25.7 Å². The van der Waals surface area contributed by atoms with Crippen LogP contribution in [0.25, 0.3) is 0 Å². The molecule has 1 aliphatic rings. The zero-order valence-corrected chi connectivity index (χ0v) is 24.9. The topological polar surface area (TPSA) is 87.7 Å². The standard InChI is InChI=1S/C30H49N3O4S/c1-6-7-8-9-13-19-33(28(35)25(21-38)32-29(36)37-30(3,4)5)26(23-16-14-15-22(2)20-23)27(34)31-24-17-11-10-12-18-24/h14-16,20,24-26,38H,6-13,17-19,21H2,1-5H3,(H,31,34)(H,32,36). The third kappa shape index (κ3) is 10.9. The van der Waals surface area contributed by atoms with Gasteiger partial charge in [0, 0.05) is 18.3 Å². The SMILES string of the molecule is CCCCCCCN(C(=O)C(CS)NC(=O)OC(C)(C)C)C(C(=O)NC1CCCCC1)c1cccc(C)c1. The van der Waals surface area contributed by atoms with Crippen LogP contribution in [0.2, 0.25) is 0 Å². The van der Waals surface area contributed by atoms with Crippen LogP contribution in [-0.2, 0) is 14.3 Å². The van der Waals surface area contributed by atoms with Crippen molar-refractivity contribution in [1.29, 1.82) is 0 Å². The van der Waals surface area contributed by atoms with Gasteiger partial charge in [0.1, 0.15) is 17.7 Å². The molecule has 2 N–H and O–H groups in total. The summed E-state index contributed by atoms with van der Waals surface area (Å²) in [6, 6.07) is 6.19. The van der Waals surface area contributed by atoms with Crippen molar-refractivity contribution < 1.29 is 19.1 Å². The quantitative estimate of drug-likeness (QED) is 0.205. The van der Waals surface area contributed by atoms with E-state index in [9.17, 15) is 14.4 Å². The summed E-state index contributed by atoms with van der Waals surface area (Å²) >= 11 is 4.38. The number of thiol groups is 1. The van der Waals surface area contributed by atoms with Crippen LogP contribution in [0.5, 0.6) is 0 Å². The number of aryl methyl sites for hydroxylation is 1. The van der Waals surface area contributed by atoms with E-state index in [0.29, 0.717) is 6.54 Å². The van der Waals surface area contributed by atoms with Gasteiger partial charge in [0.05, 0.1) is 0 Å². The maximum Gasteiger partial charge on any atom is 0.408 e. The Bertz CT molecular complexity index is 896. The summed E-state index contributed by atoms with van der Waals surface area (Å²) < 4.78 is 5.40. The predicted octanol–water partition coefficient (Wildman–Crippen LogP) is 6.11. The summed E-state index contributed by atoms with van der Waals surface area (Å²) in [7, 11) is 0. The highest BCUT2D eigenvalue weighted by Crippen LogP contribution is 2.26.